The van der Waals surface area contributed by atoms with Crippen molar-refractivity contribution in [2.24, 2.45) is 11.1 Å². The second-order valence-electron chi connectivity index (χ2n) is 6.42. The smallest absolute Gasteiger partial charge is 0.0586 e. The highest BCUT2D eigenvalue weighted by Gasteiger charge is 2.34. The molecular weight excluding hydrogens is 224 g/mol. The summed E-state index contributed by atoms with van der Waals surface area (Å²) < 4.78 is 0. The molecule has 1 atom stereocenters. The van der Waals surface area contributed by atoms with Crippen molar-refractivity contribution in [2.75, 3.05) is 26.2 Å². The SMILES string of the molecule is NCC1(CN2CCCCCC2CO)CCCCC1. The first-order valence-electron chi connectivity index (χ1n) is 7.85. The van der Waals surface area contributed by atoms with Crippen LogP contribution in [-0.4, -0.2) is 42.3 Å². The zero-order valence-electron chi connectivity index (χ0n) is 11.7. The van der Waals surface area contributed by atoms with Crippen molar-refractivity contribution in [3.8, 4) is 0 Å². The third-order valence-electron chi connectivity index (χ3n) is 5.10. The summed E-state index contributed by atoms with van der Waals surface area (Å²) in [5, 5.41) is 9.60. The topological polar surface area (TPSA) is 49.5 Å². The quantitative estimate of drug-likeness (QED) is 0.808. The van der Waals surface area contributed by atoms with Gasteiger partial charge in [-0.25, -0.2) is 0 Å². The molecule has 18 heavy (non-hydrogen) atoms. The predicted octanol–water partition coefficient (Wildman–Crippen LogP) is 2.13. The molecule has 2 rings (SSSR count). The molecule has 0 aromatic heterocycles. The van der Waals surface area contributed by atoms with Crippen molar-refractivity contribution in [2.45, 2.75) is 63.8 Å². The van der Waals surface area contributed by atoms with Crippen LogP contribution in [0, 0.1) is 5.41 Å². The van der Waals surface area contributed by atoms with Gasteiger partial charge < -0.3 is 10.8 Å². The van der Waals surface area contributed by atoms with Crippen molar-refractivity contribution >= 4 is 0 Å². The largest absolute Gasteiger partial charge is 0.395 e. The van der Waals surface area contributed by atoms with Crippen molar-refractivity contribution in [1.29, 1.82) is 0 Å². The third kappa shape index (κ3) is 3.46. The molecule has 3 N–H and O–H groups in total. The molecule has 0 bridgehead atoms. The van der Waals surface area contributed by atoms with Crippen molar-refractivity contribution < 1.29 is 5.11 Å². The van der Waals surface area contributed by atoms with Gasteiger partial charge in [-0.05, 0) is 44.2 Å². The molecule has 0 aromatic carbocycles. The fourth-order valence-corrected chi connectivity index (χ4v) is 3.81. The summed E-state index contributed by atoms with van der Waals surface area (Å²) in [7, 11) is 0. The lowest BCUT2D eigenvalue weighted by Gasteiger charge is -2.42. The summed E-state index contributed by atoms with van der Waals surface area (Å²) in [6.45, 7) is 3.42. The van der Waals surface area contributed by atoms with E-state index in [2.05, 4.69) is 4.90 Å². The van der Waals surface area contributed by atoms with Crippen LogP contribution in [0.2, 0.25) is 0 Å². The first kappa shape index (κ1) is 14.3. The minimum absolute atomic E-state index is 0.320. The summed E-state index contributed by atoms with van der Waals surface area (Å²) in [6, 6.07) is 0.387. The molecule has 2 fully saturated rings. The van der Waals surface area contributed by atoms with Crippen LogP contribution in [0.4, 0.5) is 0 Å². The number of rotatable bonds is 4. The van der Waals surface area contributed by atoms with E-state index in [1.165, 1.54) is 51.4 Å². The molecule has 3 nitrogen and oxygen atoms in total. The lowest BCUT2D eigenvalue weighted by Crippen LogP contribution is -2.48. The minimum atomic E-state index is 0.320. The Labute approximate surface area is 112 Å². The van der Waals surface area contributed by atoms with Gasteiger partial charge in [-0.2, -0.15) is 0 Å². The van der Waals surface area contributed by atoms with Gasteiger partial charge in [0.25, 0.3) is 0 Å². The number of hydrogen-bond donors (Lipinski definition) is 2. The number of hydrogen-bond acceptors (Lipinski definition) is 3. The average Bonchev–Trinajstić information content (AvgIpc) is 2.65. The molecule has 106 valence electrons. The fraction of sp³-hybridized carbons (Fsp3) is 1.00. The molecule has 0 amide bonds. The second kappa shape index (κ2) is 6.88. The van der Waals surface area contributed by atoms with Gasteiger partial charge in [0.1, 0.15) is 0 Å². The molecule has 3 heteroatoms. The van der Waals surface area contributed by atoms with Gasteiger partial charge in [0.2, 0.25) is 0 Å². The molecular formula is C15H30N2O. The molecule has 1 aliphatic carbocycles. The van der Waals surface area contributed by atoms with E-state index in [0.29, 0.717) is 18.1 Å². The van der Waals surface area contributed by atoms with E-state index in [1.54, 1.807) is 0 Å². The maximum atomic E-state index is 9.60. The summed E-state index contributed by atoms with van der Waals surface area (Å²) in [4.78, 5) is 2.55. The Morgan fingerprint density at radius 1 is 1.06 bits per heavy atom. The van der Waals surface area contributed by atoms with Gasteiger partial charge in [0.05, 0.1) is 6.61 Å². The highest BCUT2D eigenvalue weighted by molar-refractivity contribution is 4.89. The van der Waals surface area contributed by atoms with Crippen molar-refractivity contribution in [1.82, 2.24) is 4.90 Å². The second-order valence-corrected chi connectivity index (χ2v) is 6.42. The maximum Gasteiger partial charge on any atom is 0.0586 e. The Hall–Kier alpha value is -0.120. The molecule has 1 aliphatic heterocycles. The Morgan fingerprint density at radius 3 is 2.44 bits per heavy atom. The molecule has 1 heterocycles. The van der Waals surface area contributed by atoms with Crippen LogP contribution in [-0.2, 0) is 0 Å². The Morgan fingerprint density at radius 2 is 1.78 bits per heavy atom. The van der Waals surface area contributed by atoms with Gasteiger partial charge in [-0.3, -0.25) is 4.90 Å². The van der Waals surface area contributed by atoms with E-state index in [0.717, 1.165) is 26.1 Å². The van der Waals surface area contributed by atoms with Gasteiger partial charge >= 0.3 is 0 Å². The van der Waals surface area contributed by atoms with E-state index in [4.69, 9.17) is 5.73 Å². The third-order valence-corrected chi connectivity index (χ3v) is 5.10. The van der Waals surface area contributed by atoms with E-state index < -0.39 is 0 Å². The predicted molar refractivity (Wildman–Crippen MR) is 75.5 cm³/mol. The first-order chi connectivity index (χ1) is 8.79. The highest BCUT2D eigenvalue weighted by atomic mass is 16.3. The standard InChI is InChI=1S/C15H30N2O/c16-12-15(8-4-2-5-9-15)13-17-10-6-1-3-7-14(17)11-18/h14,18H,1-13,16H2. The first-order valence-corrected chi connectivity index (χ1v) is 7.85. The fourth-order valence-electron chi connectivity index (χ4n) is 3.81. The summed E-state index contributed by atoms with van der Waals surface area (Å²) in [6.07, 6.45) is 11.7. The van der Waals surface area contributed by atoms with Crippen LogP contribution < -0.4 is 5.73 Å². The lowest BCUT2D eigenvalue weighted by atomic mass is 9.73. The maximum absolute atomic E-state index is 9.60. The van der Waals surface area contributed by atoms with Crippen LogP contribution in [0.1, 0.15) is 57.8 Å². The van der Waals surface area contributed by atoms with Crippen LogP contribution in [0.25, 0.3) is 0 Å². The van der Waals surface area contributed by atoms with Gasteiger partial charge in [-0.15, -0.1) is 0 Å². The molecule has 1 saturated carbocycles. The highest BCUT2D eigenvalue weighted by Crippen LogP contribution is 2.37. The Bertz CT molecular complexity index is 239. The summed E-state index contributed by atoms with van der Waals surface area (Å²) in [5.41, 5.74) is 6.44. The number of nitrogens with two attached hydrogens (primary N) is 1. The van der Waals surface area contributed by atoms with Crippen molar-refractivity contribution in [3.63, 3.8) is 0 Å². The number of aliphatic hydroxyl groups excluding tert-OH is 1. The summed E-state index contributed by atoms with van der Waals surface area (Å²) >= 11 is 0. The number of aliphatic hydroxyl groups is 1. The normalized spacial score (nSPS) is 30.0. The zero-order chi connectivity index (χ0) is 12.8. The van der Waals surface area contributed by atoms with E-state index in [-0.39, 0.29) is 0 Å². The minimum Gasteiger partial charge on any atom is -0.395 e. The monoisotopic (exact) mass is 254 g/mol. The lowest BCUT2D eigenvalue weighted by molar-refractivity contribution is 0.0572. The van der Waals surface area contributed by atoms with E-state index in [9.17, 15) is 5.11 Å². The molecule has 2 aliphatic rings. The van der Waals surface area contributed by atoms with Crippen LogP contribution in [0.15, 0.2) is 0 Å². The van der Waals surface area contributed by atoms with Crippen LogP contribution in [0.3, 0.4) is 0 Å². The van der Waals surface area contributed by atoms with Gasteiger partial charge in [0, 0.05) is 12.6 Å². The number of nitrogens with zero attached hydrogens (tertiary/aromatic N) is 1. The van der Waals surface area contributed by atoms with Crippen LogP contribution >= 0.6 is 0 Å². The molecule has 0 spiro atoms. The Kier molecular flexibility index (Phi) is 5.46. The van der Waals surface area contributed by atoms with Gasteiger partial charge in [0.15, 0.2) is 0 Å². The van der Waals surface area contributed by atoms with E-state index in [1.807, 2.05) is 0 Å². The number of likely N-dealkylation sites (tertiary alicyclic amines) is 1. The summed E-state index contributed by atoms with van der Waals surface area (Å²) in [5.74, 6) is 0. The molecule has 0 aromatic rings. The zero-order valence-corrected chi connectivity index (χ0v) is 11.7. The van der Waals surface area contributed by atoms with Crippen LogP contribution in [0.5, 0.6) is 0 Å². The Balaban J connectivity index is 1.99. The van der Waals surface area contributed by atoms with E-state index >= 15 is 0 Å². The van der Waals surface area contributed by atoms with Crippen molar-refractivity contribution in [3.05, 3.63) is 0 Å². The molecule has 1 saturated heterocycles. The molecule has 1 unspecified atom stereocenters. The molecule has 0 radical (unpaired) electrons. The average molecular weight is 254 g/mol. The van der Waals surface area contributed by atoms with Gasteiger partial charge in [-0.1, -0.05) is 32.1 Å².